The van der Waals surface area contributed by atoms with E-state index in [1.165, 1.54) is 18.2 Å². The Morgan fingerprint density at radius 2 is 1.96 bits per heavy atom. The number of halogens is 3. The minimum absolute atomic E-state index is 0.0833. The van der Waals surface area contributed by atoms with Crippen molar-refractivity contribution in [3.63, 3.8) is 0 Å². The highest BCUT2D eigenvalue weighted by Crippen LogP contribution is 2.29. The minimum Gasteiger partial charge on any atom is -0.339 e. The zero-order valence-electron chi connectivity index (χ0n) is 11.4. The Morgan fingerprint density at radius 1 is 1.35 bits per heavy atom. The van der Waals surface area contributed by atoms with Crippen molar-refractivity contribution in [2.24, 2.45) is 0 Å². The molecular formula is C12H11Cl3N4O3S. The molecule has 0 saturated heterocycles. The molecular weight excluding hydrogens is 387 g/mol. The number of carbonyl (C=O) groups is 1. The SMILES string of the molecule is C=CC(=O)N[C@H](NC(=S)Nc1ccccc1[N+](=O)[O-])C(Cl)(Cl)Cl. The average molecular weight is 398 g/mol. The molecule has 1 amide bonds. The van der Waals surface area contributed by atoms with E-state index in [-0.39, 0.29) is 16.5 Å². The Kier molecular flexibility index (Phi) is 7.01. The first kappa shape index (κ1) is 19.4. The molecule has 7 nitrogen and oxygen atoms in total. The summed E-state index contributed by atoms with van der Waals surface area (Å²) in [4.78, 5) is 21.7. The van der Waals surface area contributed by atoms with Gasteiger partial charge in [0.1, 0.15) is 11.9 Å². The largest absolute Gasteiger partial charge is 0.339 e. The number of hydrogen-bond donors (Lipinski definition) is 3. The summed E-state index contributed by atoms with van der Waals surface area (Å²) in [5.74, 6) is -0.595. The highest BCUT2D eigenvalue weighted by Gasteiger charge is 2.34. The number of alkyl halides is 3. The van der Waals surface area contributed by atoms with Crippen LogP contribution in [-0.2, 0) is 4.79 Å². The van der Waals surface area contributed by atoms with Crippen molar-refractivity contribution >= 4 is 69.4 Å². The number of nitro benzene ring substituents is 1. The number of nitrogens with zero attached hydrogens (tertiary/aromatic N) is 1. The summed E-state index contributed by atoms with van der Waals surface area (Å²) in [5, 5.41) is 18.4. The number of carbonyl (C=O) groups excluding carboxylic acids is 1. The van der Waals surface area contributed by atoms with Gasteiger partial charge in [-0.2, -0.15) is 0 Å². The molecule has 0 spiro atoms. The Balaban J connectivity index is 2.86. The van der Waals surface area contributed by atoms with Crippen molar-refractivity contribution in [2.45, 2.75) is 9.96 Å². The first-order chi connectivity index (χ1) is 10.6. The quantitative estimate of drug-likeness (QED) is 0.177. The lowest BCUT2D eigenvalue weighted by Crippen LogP contribution is -2.55. The summed E-state index contributed by atoms with van der Waals surface area (Å²) < 4.78 is -1.92. The molecule has 1 aromatic carbocycles. The maximum atomic E-state index is 11.4. The number of anilines is 1. The van der Waals surface area contributed by atoms with Gasteiger partial charge in [0.05, 0.1) is 4.92 Å². The third kappa shape index (κ3) is 6.19. The van der Waals surface area contributed by atoms with Crippen LogP contribution in [-0.4, -0.2) is 25.9 Å². The predicted octanol–water partition coefficient (Wildman–Crippen LogP) is 2.88. The van der Waals surface area contributed by atoms with E-state index in [2.05, 4.69) is 22.5 Å². The van der Waals surface area contributed by atoms with E-state index in [1.54, 1.807) is 6.07 Å². The van der Waals surface area contributed by atoms with Gasteiger partial charge in [0.25, 0.3) is 5.69 Å². The van der Waals surface area contributed by atoms with Crippen LogP contribution in [0.2, 0.25) is 0 Å². The van der Waals surface area contributed by atoms with Gasteiger partial charge < -0.3 is 16.0 Å². The van der Waals surface area contributed by atoms with Gasteiger partial charge in [-0.1, -0.05) is 53.5 Å². The second-order valence-electron chi connectivity index (χ2n) is 4.06. The molecule has 0 saturated carbocycles. The molecule has 0 aromatic heterocycles. The van der Waals surface area contributed by atoms with E-state index in [0.717, 1.165) is 6.08 Å². The van der Waals surface area contributed by atoms with Gasteiger partial charge >= 0.3 is 0 Å². The first-order valence-electron chi connectivity index (χ1n) is 5.95. The maximum Gasteiger partial charge on any atom is 0.292 e. The molecule has 0 radical (unpaired) electrons. The molecule has 0 fully saturated rings. The van der Waals surface area contributed by atoms with Gasteiger partial charge in [-0.3, -0.25) is 14.9 Å². The third-order valence-corrected chi connectivity index (χ3v) is 3.30. The molecule has 124 valence electrons. The molecule has 0 aliphatic heterocycles. The topological polar surface area (TPSA) is 96.3 Å². The molecule has 0 unspecified atom stereocenters. The van der Waals surface area contributed by atoms with Crippen LogP contribution >= 0.6 is 47.0 Å². The smallest absolute Gasteiger partial charge is 0.292 e. The fourth-order valence-corrected chi connectivity index (χ4v) is 1.98. The van der Waals surface area contributed by atoms with E-state index in [0.29, 0.717) is 0 Å². The van der Waals surface area contributed by atoms with Crippen molar-refractivity contribution in [1.29, 1.82) is 0 Å². The number of nitrogens with one attached hydrogen (secondary N) is 3. The zero-order chi connectivity index (χ0) is 17.6. The summed E-state index contributed by atoms with van der Waals surface area (Å²) in [7, 11) is 0. The van der Waals surface area contributed by atoms with Crippen LogP contribution in [0, 0.1) is 10.1 Å². The summed E-state index contributed by atoms with van der Waals surface area (Å²) in [6.07, 6.45) is -0.190. The van der Waals surface area contributed by atoms with Gasteiger partial charge in [-0.05, 0) is 24.4 Å². The van der Waals surface area contributed by atoms with Crippen molar-refractivity contribution in [2.75, 3.05) is 5.32 Å². The predicted molar refractivity (Wildman–Crippen MR) is 94.9 cm³/mol. The number of para-hydroxylation sites is 2. The van der Waals surface area contributed by atoms with Crippen molar-refractivity contribution in [3.8, 4) is 0 Å². The van der Waals surface area contributed by atoms with Gasteiger partial charge in [0.2, 0.25) is 9.70 Å². The van der Waals surface area contributed by atoms with Crippen LogP contribution in [0.3, 0.4) is 0 Å². The number of hydrogen-bond acceptors (Lipinski definition) is 4. The monoisotopic (exact) mass is 396 g/mol. The first-order valence-corrected chi connectivity index (χ1v) is 7.50. The Bertz CT molecular complexity index is 636. The number of amides is 1. The second-order valence-corrected chi connectivity index (χ2v) is 6.84. The molecule has 1 aromatic rings. The van der Waals surface area contributed by atoms with Crippen LogP contribution in [0.4, 0.5) is 11.4 Å². The van der Waals surface area contributed by atoms with E-state index in [4.69, 9.17) is 47.0 Å². The number of rotatable bonds is 5. The molecule has 3 N–H and O–H groups in total. The van der Waals surface area contributed by atoms with Crippen LogP contribution < -0.4 is 16.0 Å². The molecule has 0 aliphatic rings. The van der Waals surface area contributed by atoms with Crippen LogP contribution in [0.1, 0.15) is 0 Å². The summed E-state index contributed by atoms with van der Waals surface area (Å²) in [5.41, 5.74) is -0.0367. The highest BCUT2D eigenvalue weighted by atomic mass is 35.6. The van der Waals surface area contributed by atoms with Gasteiger partial charge in [0, 0.05) is 6.07 Å². The van der Waals surface area contributed by atoms with Crippen molar-refractivity contribution in [3.05, 3.63) is 47.0 Å². The molecule has 1 atom stereocenters. The lowest BCUT2D eigenvalue weighted by Gasteiger charge is -2.27. The molecule has 1 rings (SSSR count). The summed E-state index contributed by atoms with van der Waals surface area (Å²) in [6.45, 7) is 3.28. The van der Waals surface area contributed by atoms with E-state index in [1.807, 2.05) is 0 Å². The van der Waals surface area contributed by atoms with Crippen LogP contribution in [0.5, 0.6) is 0 Å². The number of nitro groups is 1. The van der Waals surface area contributed by atoms with Gasteiger partial charge in [-0.15, -0.1) is 0 Å². The Morgan fingerprint density at radius 3 is 2.48 bits per heavy atom. The molecule has 0 bridgehead atoms. The van der Waals surface area contributed by atoms with Crippen molar-refractivity contribution < 1.29 is 9.72 Å². The molecule has 23 heavy (non-hydrogen) atoms. The summed E-state index contributed by atoms with van der Waals surface area (Å²) in [6, 6.07) is 5.85. The third-order valence-electron chi connectivity index (χ3n) is 2.42. The molecule has 0 aliphatic carbocycles. The van der Waals surface area contributed by atoms with Crippen LogP contribution in [0.15, 0.2) is 36.9 Å². The number of thiocarbonyl (C=S) groups is 1. The standard InChI is InChI=1S/C12H11Cl3N4O3S/c1-2-9(20)17-10(12(13,14)15)18-11(23)16-7-5-3-4-6-8(7)19(21)22/h2-6,10H,1H2,(H,17,20)(H2,16,18,23)/t10-/m1/s1. The molecule has 11 heteroatoms. The second kappa shape index (κ2) is 8.30. The molecule has 0 heterocycles. The zero-order valence-corrected chi connectivity index (χ0v) is 14.5. The maximum absolute atomic E-state index is 11.4. The lowest BCUT2D eigenvalue weighted by atomic mass is 10.3. The van der Waals surface area contributed by atoms with E-state index in [9.17, 15) is 14.9 Å². The normalized spacial score (nSPS) is 12.0. The Labute approximate surface area is 152 Å². The fraction of sp³-hybridized carbons (Fsp3) is 0.167. The minimum atomic E-state index is -1.92. The van der Waals surface area contributed by atoms with Gasteiger partial charge in [-0.25, -0.2) is 0 Å². The van der Waals surface area contributed by atoms with Crippen LogP contribution in [0.25, 0.3) is 0 Å². The number of benzene rings is 1. The lowest BCUT2D eigenvalue weighted by molar-refractivity contribution is -0.383. The van der Waals surface area contributed by atoms with Gasteiger partial charge in [0.15, 0.2) is 5.11 Å². The highest BCUT2D eigenvalue weighted by molar-refractivity contribution is 7.80. The van der Waals surface area contributed by atoms with E-state index < -0.39 is 20.8 Å². The summed E-state index contributed by atoms with van der Waals surface area (Å²) >= 11 is 22.3. The van der Waals surface area contributed by atoms with E-state index >= 15 is 0 Å². The van der Waals surface area contributed by atoms with Crippen molar-refractivity contribution in [1.82, 2.24) is 10.6 Å². The fourth-order valence-electron chi connectivity index (χ4n) is 1.43. The Hall–Kier alpha value is -1.61. The average Bonchev–Trinajstić information content (AvgIpc) is 2.45.